The molecule has 0 aliphatic heterocycles. The molecule has 2 N–H and O–H groups in total. The Labute approximate surface area is 135 Å². The summed E-state index contributed by atoms with van der Waals surface area (Å²) < 4.78 is 6.32. The zero-order chi connectivity index (χ0) is 15.3. The van der Waals surface area contributed by atoms with Crippen molar-refractivity contribution in [3.63, 3.8) is 0 Å². The van der Waals surface area contributed by atoms with Crippen LogP contribution >= 0.6 is 31.9 Å². The summed E-state index contributed by atoms with van der Waals surface area (Å²) in [7, 11) is 0. The summed E-state index contributed by atoms with van der Waals surface area (Å²) in [5.74, 6) is 0.161. The van der Waals surface area contributed by atoms with E-state index in [1.807, 2.05) is 26.8 Å². The largest absolute Gasteiger partial charge is 0.506 e. The summed E-state index contributed by atoms with van der Waals surface area (Å²) in [4.78, 5) is 11.4. The van der Waals surface area contributed by atoms with E-state index in [-0.39, 0.29) is 5.75 Å². The molecule has 0 unspecified atom stereocenters. The topological polar surface area (TPSA) is 58.6 Å². The van der Waals surface area contributed by atoms with Crippen LogP contribution in [0.5, 0.6) is 5.75 Å². The summed E-state index contributed by atoms with van der Waals surface area (Å²) in [5.41, 5.74) is 0.396. The van der Waals surface area contributed by atoms with E-state index < -0.39 is 11.7 Å². The number of halogens is 2. The van der Waals surface area contributed by atoms with Crippen molar-refractivity contribution >= 4 is 44.0 Å². The molecule has 20 heavy (non-hydrogen) atoms. The Balaban J connectivity index is 2.52. The zero-order valence-electron chi connectivity index (χ0n) is 11.5. The Morgan fingerprint density at radius 3 is 2.40 bits per heavy atom. The molecule has 0 saturated carbocycles. The highest BCUT2D eigenvalue weighted by Gasteiger charge is 2.14. The summed E-state index contributed by atoms with van der Waals surface area (Å²) >= 11 is 6.52. The van der Waals surface area contributed by atoms with Crippen LogP contribution in [0, 0.1) is 0 Å². The van der Waals surface area contributed by atoms with Gasteiger partial charge in [0.25, 0.3) is 0 Å². The number of ether oxygens (including phenoxy) is 1. The average molecular weight is 407 g/mol. The van der Waals surface area contributed by atoms with Crippen LogP contribution in [0.25, 0.3) is 6.08 Å². The molecule has 6 heteroatoms. The molecular weight excluding hydrogens is 390 g/mol. The molecule has 0 heterocycles. The number of amides is 1. The molecule has 0 fully saturated rings. The summed E-state index contributed by atoms with van der Waals surface area (Å²) in [5, 5.41) is 12.2. The summed E-state index contributed by atoms with van der Waals surface area (Å²) in [6, 6.07) is 3.56. The molecule has 110 valence electrons. The Bertz CT molecular complexity index is 499. The fourth-order valence-electron chi connectivity index (χ4n) is 1.33. The van der Waals surface area contributed by atoms with Crippen molar-refractivity contribution in [2.75, 3.05) is 6.54 Å². The van der Waals surface area contributed by atoms with Crippen LogP contribution in [0.15, 0.2) is 27.2 Å². The molecule has 0 aromatic heterocycles. The van der Waals surface area contributed by atoms with E-state index in [1.54, 1.807) is 18.2 Å². The Morgan fingerprint density at radius 2 is 1.90 bits per heavy atom. The zero-order valence-corrected chi connectivity index (χ0v) is 14.7. The van der Waals surface area contributed by atoms with Crippen molar-refractivity contribution in [3.8, 4) is 5.75 Å². The first kappa shape index (κ1) is 17.0. The molecule has 1 amide bonds. The fraction of sp³-hybridized carbons (Fsp3) is 0.357. The van der Waals surface area contributed by atoms with Gasteiger partial charge in [0.2, 0.25) is 0 Å². The lowest BCUT2D eigenvalue weighted by Crippen LogP contribution is -2.32. The Hall–Kier alpha value is -1.01. The van der Waals surface area contributed by atoms with Crippen molar-refractivity contribution in [2.45, 2.75) is 26.4 Å². The second-order valence-electron chi connectivity index (χ2n) is 5.12. The van der Waals surface area contributed by atoms with E-state index in [2.05, 4.69) is 37.2 Å². The van der Waals surface area contributed by atoms with Gasteiger partial charge in [-0.2, -0.15) is 0 Å². The van der Waals surface area contributed by atoms with E-state index in [0.717, 1.165) is 5.56 Å². The average Bonchev–Trinajstić information content (AvgIpc) is 2.29. The third-order valence-electron chi connectivity index (χ3n) is 2.11. The maximum Gasteiger partial charge on any atom is 0.407 e. The maximum atomic E-state index is 11.4. The van der Waals surface area contributed by atoms with E-state index in [0.29, 0.717) is 15.5 Å². The molecule has 1 aromatic carbocycles. The first-order valence-electron chi connectivity index (χ1n) is 6.00. The Morgan fingerprint density at radius 1 is 1.35 bits per heavy atom. The highest BCUT2D eigenvalue weighted by Crippen LogP contribution is 2.33. The predicted octanol–water partition coefficient (Wildman–Crippen LogP) is 4.46. The van der Waals surface area contributed by atoms with Gasteiger partial charge >= 0.3 is 6.09 Å². The molecule has 4 nitrogen and oxygen atoms in total. The van der Waals surface area contributed by atoms with Crippen LogP contribution in [-0.2, 0) is 4.74 Å². The number of aromatic hydroxyl groups is 1. The van der Waals surface area contributed by atoms with Crippen LogP contribution in [0.1, 0.15) is 26.3 Å². The number of phenolic OH excluding ortho intramolecular Hbond substituents is 1. The molecule has 1 rings (SSSR count). The first-order valence-corrected chi connectivity index (χ1v) is 7.59. The number of carbonyl (C=O) groups excluding carboxylic acids is 1. The number of carbonyl (C=O) groups is 1. The highest BCUT2D eigenvalue weighted by atomic mass is 79.9. The number of hydrogen-bond donors (Lipinski definition) is 2. The number of hydrogen-bond acceptors (Lipinski definition) is 3. The predicted molar refractivity (Wildman–Crippen MR) is 86.8 cm³/mol. The second kappa shape index (κ2) is 7.13. The molecular formula is C14H17Br2NO3. The standard InChI is InChI=1S/C14H17Br2NO3/c1-14(2,3)20-13(19)17-6-4-5-9-7-10(15)12(18)11(16)8-9/h4-5,7-8,18H,6H2,1-3H3,(H,17,19). The van der Waals surface area contributed by atoms with Crippen molar-refractivity contribution in [1.29, 1.82) is 0 Å². The van der Waals surface area contributed by atoms with E-state index in [9.17, 15) is 9.90 Å². The van der Waals surface area contributed by atoms with Gasteiger partial charge in [-0.1, -0.05) is 12.2 Å². The van der Waals surface area contributed by atoms with Crippen LogP contribution in [-0.4, -0.2) is 23.3 Å². The minimum atomic E-state index is -0.500. The normalized spacial score (nSPS) is 11.7. The smallest absolute Gasteiger partial charge is 0.407 e. The third-order valence-corrected chi connectivity index (χ3v) is 3.32. The van der Waals surface area contributed by atoms with Crippen LogP contribution < -0.4 is 5.32 Å². The number of phenols is 1. The van der Waals surface area contributed by atoms with Crippen LogP contribution in [0.2, 0.25) is 0 Å². The van der Waals surface area contributed by atoms with E-state index >= 15 is 0 Å². The van der Waals surface area contributed by atoms with Crippen molar-refractivity contribution < 1.29 is 14.6 Å². The van der Waals surface area contributed by atoms with Gasteiger partial charge in [-0.25, -0.2) is 4.79 Å². The third kappa shape index (κ3) is 5.96. The van der Waals surface area contributed by atoms with Crippen molar-refractivity contribution in [2.24, 2.45) is 0 Å². The lowest BCUT2D eigenvalue weighted by Gasteiger charge is -2.19. The van der Waals surface area contributed by atoms with Gasteiger partial charge in [0.1, 0.15) is 11.4 Å². The molecule has 0 aliphatic rings. The monoisotopic (exact) mass is 405 g/mol. The molecule has 1 aromatic rings. The number of benzene rings is 1. The van der Waals surface area contributed by atoms with Crippen molar-refractivity contribution in [3.05, 3.63) is 32.7 Å². The summed E-state index contributed by atoms with van der Waals surface area (Å²) in [6.45, 7) is 5.81. The highest BCUT2D eigenvalue weighted by molar-refractivity contribution is 9.11. The van der Waals surface area contributed by atoms with Gasteiger partial charge in [0.05, 0.1) is 8.95 Å². The molecule has 0 spiro atoms. The minimum Gasteiger partial charge on any atom is -0.506 e. The van der Waals surface area contributed by atoms with Crippen LogP contribution in [0.3, 0.4) is 0 Å². The van der Waals surface area contributed by atoms with Gasteiger partial charge in [-0.05, 0) is 70.3 Å². The van der Waals surface area contributed by atoms with E-state index in [4.69, 9.17) is 4.74 Å². The van der Waals surface area contributed by atoms with Gasteiger partial charge < -0.3 is 15.2 Å². The lowest BCUT2D eigenvalue weighted by atomic mass is 10.2. The number of alkyl carbamates (subject to hydrolysis) is 1. The van der Waals surface area contributed by atoms with Crippen molar-refractivity contribution in [1.82, 2.24) is 5.32 Å². The molecule has 0 aliphatic carbocycles. The number of rotatable bonds is 3. The first-order chi connectivity index (χ1) is 9.19. The second-order valence-corrected chi connectivity index (χ2v) is 6.83. The van der Waals surface area contributed by atoms with E-state index in [1.165, 1.54) is 0 Å². The molecule has 0 bridgehead atoms. The Kier molecular flexibility index (Phi) is 6.07. The minimum absolute atomic E-state index is 0.161. The molecule has 0 radical (unpaired) electrons. The molecule has 0 saturated heterocycles. The van der Waals surface area contributed by atoms with Gasteiger partial charge in [0.15, 0.2) is 0 Å². The van der Waals surface area contributed by atoms with Gasteiger partial charge in [-0.3, -0.25) is 0 Å². The maximum absolute atomic E-state index is 11.4. The van der Waals surface area contributed by atoms with Gasteiger partial charge in [0, 0.05) is 6.54 Å². The molecule has 0 atom stereocenters. The fourth-order valence-corrected chi connectivity index (χ4v) is 2.55. The van der Waals surface area contributed by atoms with Crippen LogP contribution in [0.4, 0.5) is 4.79 Å². The quantitative estimate of drug-likeness (QED) is 0.779. The lowest BCUT2D eigenvalue weighted by molar-refractivity contribution is 0.0534. The number of nitrogens with one attached hydrogen (secondary N) is 1. The SMILES string of the molecule is CC(C)(C)OC(=O)NCC=Cc1cc(Br)c(O)c(Br)c1. The summed E-state index contributed by atoms with van der Waals surface area (Å²) in [6.07, 6.45) is 3.19. The van der Waals surface area contributed by atoms with Gasteiger partial charge in [-0.15, -0.1) is 0 Å².